The Labute approximate surface area is 181 Å². The van der Waals surface area contributed by atoms with Crippen molar-refractivity contribution in [3.63, 3.8) is 0 Å². The molecule has 1 heterocycles. The summed E-state index contributed by atoms with van der Waals surface area (Å²) in [5, 5.41) is 14.0. The Morgan fingerprint density at radius 2 is 1.83 bits per heavy atom. The number of likely N-dealkylation sites (N-methyl/N-ethyl adjacent to an activating group) is 1. The van der Waals surface area contributed by atoms with Crippen molar-refractivity contribution in [3.05, 3.63) is 69.8 Å². The summed E-state index contributed by atoms with van der Waals surface area (Å²) in [5.41, 5.74) is 1.72. The summed E-state index contributed by atoms with van der Waals surface area (Å²) >= 11 is 6.02. The topological polar surface area (TPSA) is 74.1 Å². The lowest BCUT2D eigenvalue weighted by Crippen LogP contribution is -3.06. The maximum absolute atomic E-state index is 13.4. The number of ketones is 1. The molecule has 1 fully saturated rings. The molecule has 0 bridgehead atoms. The molecule has 1 unspecified atom stereocenters. The number of halogens is 1. The van der Waals surface area contributed by atoms with E-state index in [9.17, 15) is 14.7 Å². The largest absolute Gasteiger partial charge is 0.872 e. The Bertz CT molecular complexity index is 999. The van der Waals surface area contributed by atoms with Gasteiger partial charge in [0.25, 0.3) is 5.91 Å². The second-order valence-corrected chi connectivity index (χ2v) is 8.10. The number of hydrogen-bond acceptors (Lipinski definition) is 4. The number of nitrogens with zero attached hydrogens (tertiary/aromatic N) is 1. The molecule has 2 aromatic carbocycles. The molecule has 1 amide bonds. The van der Waals surface area contributed by atoms with Crippen LogP contribution in [0.4, 0.5) is 0 Å². The van der Waals surface area contributed by atoms with Gasteiger partial charge in [0.15, 0.2) is 0 Å². The number of likely N-dealkylation sites (tertiary alicyclic amines) is 1. The lowest BCUT2D eigenvalue weighted by molar-refractivity contribution is -0.857. The first-order valence-electron chi connectivity index (χ1n) is 9.70. The molecule has 30 heavy (non-hydrogen) atoms. The van der Waals surface area contributed by atoms with E-state index in [4.69, 9.17) is 16.3 Å². The minimum absolute atomic E-state index is 0.0238. The van der Waals surface area contributed by atoms with Crippen LogP contribution in [0.25, 0.3) is 5.76 Å². The molecule has 2 aromatic rings. The summed E-state index contributed by atoms with van der Waals surface area (Å²) in [4.78, 5) is 28.4. The van der Waals surface area contributed by atoms with Gasteiger partial charge in [-0.3, -0.25) is 9.59 Å². The van der Waals surface area contributed by atoms with Gasteiger partial charge in [-0.1, -0.05) is 35.6 Å². The molecule has 0 aliphatic carbocycles. The highest BCUT2D eigenvalue weighted by Gasteiger charge is 2.44. The molecule has 0 aromatic heterocycles. The van der Waals surface area contributed by atoms with E-state index in [1.165, 1.54) is 4.90 Å². The van der Waals surface area contributed by atoms with Gasteiger partial charge in [-0.25, -0.2) is 0 Å². The molecule has 1 saturated heterocycles. The van der Waals surface area contributed by atoms with Gasteiger partial charge in [-0.05, 0) is 47.9 Å². The average molecular weight is 429 g/mol. The van der Waals surface area contributed by atoms with E-state index in [1.54, 1.807) is 56.5 Å². The van der Waals surface area contributed by atoms with Crippen LogP contribution in [0.2, 0.25) is 5.02 Å². The van der Waals surface area contributed by atoms with E-state index in [0.29, 0.717) is 40.6 Å². The number of quaternary nitrogens is 1. The van der Waals surface area contributed by atoms with Crippen LogP contribution in [0, 0.1) is 6.92 Å². The highest BCUT2D eigenvalue weighted by molar-refractivity contribution is 6.46. The third kappa shape index (κ3) is 4.20. The van der Waals surface area contributed by atoms with Crippen molar-refractivity contribution in [1.82, 2.24) is 4.90 Å². The number of rotatable bonds is 6. The van der Waals surface area contributed by atoms with Crippen molar-refractivity contribution in [1.29, 1.82) is 0 Å². The SMILES string of the molecule is COc1ccc(/C([O-])=C2\C(=O)C(=O)N(CC[NH+](C)C)C2c2ccc(Cl)cc2)c(C)c1. The number of Topliss-reactive ketones (excluding diaryl/α,β-unsaturated/α-hetero) is 1. The predicted molar refractivity (Wildman–Crippen MR) is 113 cm³/mol. The van der Waals surface area contributed by atoms with Crippen molar-refractivity contribution in [3.8, 4) is 5.75 Å². The normalized spacial score (nSPS) is 18.3. The summed E-state index contributed by atoms with van der Waals surface area (Å²) in [5.74, 6) is -1.21. The molecule has 1 aliphatic rings. The minimum atomic E-state index is -0.746. The van der Waals surface area contributed by atoms with Crippen molar-refractivity contribution in [2.75, 3.05) is 34.3 Å². The first-order chi connectivity index (χ1) is 14.2. The lowest BCUT2D eigenvalue weighted by Gasteiger charge is -2.28. The molecule has 7 heteroatoms. The van der Waals surface area contributed by atoms with Gasteiger partial charge in [0.2, 0.25) is 5.78 Å². The van der Waals surface area contributed by atoms with E-state index >= 15 is 0 Å². The number of carbonyl (C=O) groups is 2. The Hall–Kier alpha value is -2.83. The summed E-state index contributed by atoms with van der Waals surface area (Å²) in [6.45, 7) is 2.78. The quantitative estimate of drug-likeness (QED) is 0.423. The highest BCUT2D eigenvalue weighted by Crippen LogP contribution is 2.39. The number of methoxy groups -OCH3 is 1. The Morgan fingerprint density at radius 3 is 2.40 bits per heavy atom. The van der Waals surface area contributed by atoms with Gasteiger partial charge >= 0.3 is 0 Å². The fourth-order valence-electron chi connectivity index (χ4n) is 3.60. The van der Waals surface area contributed by atoms with Crippen LogP contribution < -0.4 is 14.7 Å². The maximum Gasteiger partial charge on any atom is 0.295 e. The highest BCUT2D eigenvalue weighted by atomic mass is 35.5. The number of ether oxygens (including phenoxy) is 1. The summed E-state index contributed by atoms with van der Waals surface area (Å²) in [6.07, 6.45) is 0. The van der Waals surface area contributed by atoms with E-state index < -0.39 is 23.5 Å². The molecule has 158 valence electrons. The second kappa shape index (κ2) is 8.90. The van der Waals surface area contributed by atoms with Crippen LogP contribution in [-0.2, 0) is 9.59 Å². The molecule has 0 radical (unpaired) electrons. The molecular formula is C23H25ClN2O4. The summed E-state index contributed by atoms with van der Waals surface area (Å²) < 4.78 is 5.20. The zero-order valence-corrected chi connectivity index (χ0v) is 18.2. The number of carbonyl (C=O) groups excluding carboxylic acids is 2. The van der Waals surface area contributed by atoms with Crippen LogP contribution in [-0.4, -0.2) is 50.9 Å². The zero-order chi connectivity index (χ0) is 22.0. The lowest BCUT2D eigenvalue weighted by atomic mass is 9.94. The predicted octanol–water partition coefficient (Wildman–Crippen LogP) is 1.03. The molecule has 1 aliphatic heterocycles. The number of nitrogens with one attached hydrogen (secondary N) is 1. The van der Waals surface area contributed by atoms with Crippen molar-refractivity contribution in [2.45, 2.75) is 13.0 Å². The Kier molecular flexibility index (Phi) is 6.48. The van der Waals surface area contributed by atoms with Gasteiger partial charge in [0, 0.05) is 10.6 Å². The zero-order valence-electron chi connectivity index (χ0n) is 17.5. The molecule has 0 spiro atoms. The van der Waals surface area contributed by atoms with Crippen LogP contribution in [0.5, 0.6) is 5.75 Å². The Morgan fingerprint density at radius 1 is 1.17 bits per heavy atom. The number of hydrogen-bond donors (Lipinski definition) is 1. The first-order valence-corrected chi connectivity index (χ1v) is 10.1. The van der Waals surface area contributed by atoms with Gasteiger partial charge in [-0.15, -0.1) is 0 Å². The average Bonchev–Trinajstić information content (AvgIpc) is 2.96. The fraction of sp³-hybridized carbons (Fsp3) is 0.304. The van der Waals surface area contributed by atoms with Gasteiger partial charge in [-0.2, -0.15) is 0 Å². The molecule has 1 atom stereocenters. The number of benzene rings is 2. The van der Waals surface area contributed by atoms with Crippen molar-refractivity contribution < 1.29 is 24.3 Å². The van der Waals surface area contributed by atoms with Crippen molar-refractivity contribution >= 4 is 29.1 Å². The van der Waals surface area contributed by atoms with E-state index in [2.05, 4.69) is 0 Å². The Balaban J connectivity index is 2.16. The van der Waals surface area contributed by atoms with Crippen LogP contribution in [0.3, 0.4) is 0 Å². The van der Waals surface area contributed by atoms with E-state index in [-0.39, 0.29) is 5.57 Å². The van der Waals surface area contributed by atoms with Crippen LogP contribution in [0.1, 0.15) is 22.7 Å². The fourth-order valence-corrected chi connectivity index (χ4v) is 3.73. The third-order valence-corrected chi connectivity index (χ3v) is 5.50. The molecule has 3 rings (SSSR count). The van der Waals surface area contributed by atoms with Gasteiger partial charge < -0.3 is 19.6 Å². The standard InChI is InChI=1S/C23H25ClN2O4/c1-14-13-17(30-4)9-10-18(14)21(27)19-20(15-5-7-16(24)8-6-15)26(12-11-25(2)3)23(29)22(19)28/h5-10,13,20,27H,11-12H2,1-4H3/b21-19+. The smallest absolute Gasteiger partial charge is 0.295 e. The minimum Gasteiger partial charge on any atom is -0.872 e. The third-order valence-electron chi connectivity index (χ3n) is 5.25. The molecule has 6 nitrogen and oxygen atoms in total. The van der Waals surface area contributed by atoms with Gasteiger partial charge in [0.05, 0.1) is 40.3 Å². The molecule has 0 saturated carbocycles. The monoisotopic (exact) mass is 428 g/mol. The van der Waals surface area contributed by atoms with Crippen LogP contribution in [0.15, 0.2) is 48.0 Å². The van der Waals surface area contributed by atoms with Crippen molar-refractivity contribution in [2.24, 2.45) is 0 Å². The molecular weight excluding hydrogens is 404 g/mol. The first kappa shape index (κ1) is 21.9. The summed E-state index contributed by atoms with van der Waals surface area (Å²) in [7, 11) is 5.48. The molecule has 1 N–H and O–H groups in total. The second-order valence-electron chi connectivity index (χ2n) is 7.66. The van der Waals surface area contributed by atoms with E-state index in [1.807, 2.05) is 14.1 Å². The number of aryl methyl sites for hydroxylation is 1. The van der Waals surface area contributed by atoms with Crippen LogP contribution >= 0.6 is 11.6 Å². The van der Waals surface area contributed by atoms with Gasteiger partial charge in [0.1, 0.15) is 5.75 Å². The number of amides is 1. The van der Waals surface area contributed by atoms with E-state index in [0.717, 1.165) is 4.90 Å². The maximum atomic E-state index is 13.4. The summed E-state index contributed by atoms with van der Waals surface area (Å²) in [6, 6.07) is 11.2.